The van der Waals surface area contributed by atoms with Crippen LogP contribution in [0.2, 0.25) is 0 Å². The topological polar surface area (TPSA) is 43.4 Å². The molecule has 0 radical (unpaired) electrons. The fourth-order valence-corrected chi connectivity index (χ4v) is 4.01. The molecule has 0 N–H and O–H groups in total. The van der Waals surface area contributed by atoms with Crippen molar-refractivity contribution in [2.75, 3.05) is 7.11 Å². The van der Waals surface area contributed by atoms with Crippen molar-refractivity contribution in [2.45, 2.75) is 10.6 Å². The molecule has 0 atom stereocenters. The first-order valence-electron chi connectivity index (χ1n) is 7.60. The maximum atomic E-state index is 12.7. The fourth-order valence-electron chi connectivity index (χ4n) is 2.61. The molecular formula is C20H18O3S. The summed E-state index contributed by atoms with van der Waals surface area (Å²) in [6.45, 7) is 0. The predicted molar refractivity (Wildman–Crippen MR) is 95.8 cm³/mol. The minimum atomic E-state index is -3.38. The number of hydrogen-bond donors (Lipinski definition) is 0. The largest absolute Gasteiger partial charge is 0.497 e. The smallest absolute Gasteiger partial charge is 0.182 e. The van der Waals surface area contributed by atoms with Gasteiger partial charge in [-0.2, -0.15) is 0 Å². The first-order valence-corrected chi connectivity index (χ1v) is 9.25. The Labute approximate surface area is 142 Å². The molecule has 3 rings (SSSR count). The summed E-state index contributed by atoms with van der Waals surface area (Å²) in [6, 6.07) is 23.7. The van der Waals surface area contributed by atoms with Crippen LogP contribution in [-0.4, -0.2) is 15.5 Å². The van der Waals surface area contributed by atoms with E-state index >= 15 is 0 Å². The second kappa shape index (κ2) is 6.89. The van der Waals surface area contributed by atoms with E-state index in [0.29, 0.717) is 4.90 Å². The van der Waals surface area contributed by atoms with Crippen molar-refractivity contribution in [1.82, 2.24) is 0 Å². The van der Waals surface area contributed by atoms with Gasteiger partial charge in [-0.1, -0.05) is 54.6 Å². The summed E-state index contributed by atoms with van der Waals surface area (Å²) < 4.78 is 30.5. The molecule has 0 unspecified atom stereocenters. The molecular weight excluding hydrogens is 320 g/mol. The molecule has 122 valence electrons. The molecule has 3 aromatic rings. The zero-order valence-corrected chi connectivity index (χ0v) is 14.2. The molecule has 0 fully saturated rings. The number of ether oxygens (including phenoxy) is 1. The highest BCUT2D eigenvalue weighted by Gasteiger charge is 2.17. The number of rotatable bonds is 5. The molecule has 3 aromatic carbocycles. The van der Waals surface area contributed by atoms with Gasteiger partial charge in [-0.25, -0.2) is 8.42 Å². The zero-order chi connectivity index (χ0) is 17.0. The Bertz CT molecular complexity index is 915. The van der Waals surface area contributed by atoms with E-state index in [1.807, 2.05) is 54.6 Å². The van der Waals surface area contributed by atoms with E-state index < -0.39 is 9.84 Å². The third kappa shape index (κ3) is 3.49. The average Bonchev–Trinajstić information content (AvgIpc) is 2.63. The van der Waals surface area contributed by atoms with E-state index in [-0.39, 0.29) is 5.75 Å². The van der Waals surface area contributed by atoms with Gasteiger partial charge in [0.15, 0.2) is 9.84 Å². The summed E-state index contributed by atoms with van der Waals surface area (Å²) >= 11 is 0. The number of hydrogen-bond acceptors (Lipinski definition) is 3. The van der Waals surface area contributed by atoms with Crippen molar-refractivity contribution in [3.63, 3.8) is 0 Å². The molecule has 0 bridgehead atoms. The lowest BCUT2D eigenvalue weighted by molar-refractivity contribution is 0.415. The highest BCUT2D eigenvalue weighted by Crippen LogP contribution is 2.28. The lowest BCUT2D eigenvalue weighted by Crippen LogP contribution is -2.05. The summed E-state index contributed by atoms with van der Waals surface area (Å²) in [7, 11) is -1.76. The first kappa shape index (κ1) is 16.3. The third-order valence-electron chi connectivity index (χ3n) is 3.87. The van der Waals surface area contributed by atoms with Crippen LogP contribution in [0.25, 0.3) is 11.1 Å². The SMILES string of the molecule is COc1ccc(-c2ccccc2CS(=O)(=O)c2ccccc2)cc1. The van der Waals surface area contributed by atoms with Crippen molar-refractivity contribution in [3.8, 4) is 16.9 Å². The second-order valence-electron chi connectivity index (χ2n) is 5.46. The maximum Gasteiger partial charge on any atom is 0.182 e. The Balaban J connectivity index is 1.98. The summed E-state index contributed by atoms with van der Waals surface area (Å²) in [6.07, 6.45) is 0. The molecule has 0 spiro atoms. The van der Waals surface area contributed by atoms with Crippen LogP contribution in [0.15, 0.2) is 83.8 Å². The summed E-state index contributed by atoms with van der Waals surface area (Å²) in [4.78, 5) is 0.342. The molecule has 0 aliphatic heterocycles. The van der Waals surface area contributed by atoms with Gasteiger partial charge in [-0.15, -0.1) is 0 Å². The van der Waals surface area contributed by atoms with Crippen LogP contribution >= 0.6 is 0 Å². The van der Waals surface area contributed by atoms with E-state index in [4.69, 9.17) is 4.74 Å². The lowest BCUT2D eigenvalue weighted by Gasteiger charge is -2.11. The normalized spacial score (nSPS) is 11.2. The molecule has 0 saturated carbocycles. The van der Waals surface area contributed by atoms with Crippen LogP contribution in [0.1, 0.15) is 5.56 Å². The Morgan fingerprint density at radius 1 is 0.792 bits per heavy atom. The van der Waals surface area contributed by atoms with Gasteiger partial charge in [-0.3, -0.25) is 0 Å². The average molecular weight is 338 g/mol. The molecule has 0 amide bonds. The highest BCUT2D eigenvalue weighted by molar-refractivity contribution is 7.90. The number of benzene rings is 3. The van der Waals surface area contributed by atoms with E-state index in [2.05, 4.69) is 0 Å². The van der Waals surface area contributed by atoms with Gasteiger partial charge >= 0.3 is 0 Å². The Morgan fingerprint density at radius 2 is 1.42 bits per heavy atom. The second-order valence-corrected chi connectivity index (χ2v) is 7.45. The minimum Gasteiger partial charge on any atom is -0.497 e. The Kier molecular flexibility index (Phi) is 4.67. The molecule has 4 heteroatoms. The molecule has 3 nitrogen and oxygen atoms in total. The van der Waals surface area contributed by atoms with E-state index in [1.54, 1.807) is 31.4 Å². The van der Waals surface area contributed by atoms with Crippen molar-refractivity contribution in [2.24, 2.45) is 0 Å². The molecule has 24 heavy (non-hydrogen) atoms. The van der Waals surface area contributed by atoms with E-state index in [0.717, 1.165) is 22.4 Å². The summed E-state index contributed by atoms with van der Waals surface area (Å²) in [5, 5.41) is 0. The number of methoxy groups -OCH3 is 1. The third-order valence-corrected chi connectivity index (χ3v) is 5.55. The van der Waals surface area contributed by atoms with Gasteiger partial charge in [0, 0.05) is 0 Å². The van der Waals surface area contributed by atoms with Gasteiger partial charge in [-0.05, 0) is 41.0 Å². The van der Waals surface area contributed by atoms with Crippen LogP contribution in [0.5, 0.6) is 5.75 Å². The molecule has 0 aliphatic rings. The highest BCUT2D eigenvalue weighted by atomic mass is 32.2. The van der Waals surface area contributed by atoms with Crippen LogP contribution in [0.4, 0.5) is 0 Å². The van der Waals surface area contributed by atoms with Gasteiger partial charge in [0.1, 0.15) is 5.75 Å². The van der Waals surface area contributed by atoms with Gasteiger partial charge in [0.25, 0.3) is 0 Å². The Hall–Kier alpha value is -2.59. The molecule has 0 saturated heterocycles. The summed E-state index contributed by atoms with van der Waals surface area (Å²) in [5.74, 6) is 0.743. The Morgan fingerprint density at radius 3 is 2.08 bits per heavy atom. The molecule has 0 heterocycles. The predicted octanol–water partition coefficient (Wildman–Crippen LogP) is 4.34. The van der Waals surface area contributed by atoms with Crippen molar-refractivity contribution in [3.05, 3.63) is 84.4 Å². The van der Waals surface area contributed by atoms with Crippen LogP contribution in [0.3, 0.4) is 0 Å². The van der Waals surface area contributed by atoms with Crippen LogP contribution in [0, 0.1) is 0 Å². The van der Waals surface area contributed by atoms with E-state index in [9.17, 15) is 8.42 Å². The minimum absolute atomic E-state index is 0.0286. The van der Waals surface area contributed by atoms with Crippen molar-refractivity contribution >= 4 is 9.84 Å². The van der Waals surface area contributed by atoms with Crippen molar-refractivity contribution in [1.29, 1.82) is 0 Å². The monoisotopic (exact) mass is 338 g/mol. The van der Waals surface area contributed by atoms with E-state index in [1.165, 1.54) is 0 Å². The van der Waals surface area contributed by atoms with Gasteiger partial charge < -0.3 is 4.74 Å². The quantitative estimate of drug-likeness (QED) is 0.695. The molecule has 0 aliphatic carbocycles. The first-order chi connectivity index (χ1) is 11.6. The molecule has 0 aromatic heterocycles. The van der Waals surface area contributed by atoms with Gasteiger partial charge in [0.2, 0.25) is 0 Å². The van der Waals surface area contributed by atoms with Crippen LogP contribution < -0.4 is 4.74 Å². The standard InChI is InChI=1S/C20H18O3S/c1-23-18-13-11-16(12-14-18)20-10-6-5-7-17(20)15-24(21,22)19-8-3-2-4-9-19/h2-14H,15H2,1H3. The maximum absolute atomic E-state index is 12.7. The van der Waals surface area contributed by atoms with Crippen LogP contribution in [-0.2, 0) is 15.6 Å². The summed E-state index contributed by atoms with van der Waals surface area (Å²) in [5.41, 5.74) is 2.67. The van der Waals surface area contributed by atoms with Crippen molar-refractivity contribution < 1.29 is 13.2 Å². The van der Waals surface area contributed by atoms with Gasteiger partial charge in [0.05, 0.1) is 17.8 Å². The lowest BCUT2D eigenvalue weighted by atomic mass is 10.0. The fraction of sp³-hybridized carbons (Fsp3) is 0.100. The zero-order valence-electron chi connectivity index (χ0n) is 13.3. The number of sulfone groups is 1.